The van der Waals surface area contributed by atoms with Crippen molar-refractivity contribution in [3.8, 4) is 17.2 Å². The highest BCUT2D eigenvalue weighted by Gasteiger charge is 2.29. The van der Waals surface area contributed by atoms with E-state index in [1.807, 2.05) is 6.92 Å². The van der Waals surface area contributed by atoms with Crippen molar-refractivity contribution in [1.29, 1.82) is 0 Å². The van der Waals surface area contributed by atoms with Gasteiger partial charge in [0.2, 0.25) is 5.75 Å². The number of methoxy groups -OCH3 is 3. The van der Waals surface area contributed by atoms with Gasteiger partial charge in [-0.2, -0.15) is 0 Å². The van der Waals surface area contributed by atoms with Crippen LogP contribution in [0.15, 0.2) is 12.1 Å². The minimum Gasteiger partial charge on any atom is -0.493 e. The molecule has 1 aliphatic carbocycles. The van der Waals surface area contributed by atoms with Crippen LogP contribution in [0.25, 0.3) is 0 Å². The van der Waals surface area contributed by atoms with Gasteiger partial charge < -0.3 is 24.8 Å². The predicted octanol–water partition coefficient (Wildman–Crippen LogP) is 2.63. The first kappa shape index (κ1) is 15.3. The lowest BCUT2D eigenvalue weighted by atomic mass is 10.2. The predicted molar refractivity (Wildman–Crippen MR) is 80.4 cm³/mol. The molecule has 1 aromatic rings. The molecule has 1 aromatic carbocycles. The topological polar surface area (TPSA) is 68.8 Å². The summed E-state index contributed by atoms with van der Waals surface area (Å²) < 4.78 is 15.8. The molecular formula is C15H22N2O4. The molecule has 1 saturated carbocycles. The van der Waals surface area contributed by atoms with Gasteiger partial charge >= 0.3 is 6.03 Å². The van der Waals surface area contributed by atoms with Gasteiger partial charge in [-0.3, -0.25) is 0 Å². The lowest BCUT2D eigenvalue weighted by Gasteiger charge is -2.16. The van der Waals surface area contributed by atoms with Gasteiger partial charge in [-0.15, -0.1) is 0 Å². The third-order valence-electron chi connectivity index (χ3n) is 3.61. The fourth-order valence-electron chi connectivity index (χ4n) is 2.24. The normalized spacial score (nSPS) is 15.0. The summed E-state index contributed by atoms with van der Waals surface area (Å²) in [6, 6.07) is 3.35. The van der Waals surface area contributed by atoms with Gasteiger partial charge in [0, 0.05) is 18.2 Å². The Labute approximate surface area is 124 Å². The van der Waals surface area contributed by atoms with Gasteiger partial charge in [-0.25, -0.2) is 4.79 Å². The molecule has 0 spiro atoms. The van der Waals surface area contributed by atoms with Gasteiger partial charge in [0.1, 0.15) is 0 Å². The SMILES string of the molecule is COc1cc(NC(=O)NC(C)C2CC2)cc(OC)c1OC. The molecule has 1 fully saturated rings. The van der Waals surface area contributed by atoms with Crippen LogP contribution in [-0.2, 0) is 0 Å². The minimum atomic E-state index is -0.233. The van der Waals surface area contributed by atoms with Crippen molar-refractivity contribution >= 4 is 11.7 Å². The Balaban J connectivity index is 2.09. The highest BCUT2D eigenvalue weighted by atomic mass is 16.5. The van der Waals surface area contributed by atoms with Crippen molar-refractivity contribution in [2.45, 2.75) is 25.8 Å². The van der Waals surface area contributed by atoms with E-state index in [0.29, 0.717) is 28.9 Å². The molecule has 1 aliphatic rings. The van der Waals surface area contributed by atoms with E-state index in [1.165, 1.54) is 34.2 Å². The molecule has 2 amide bonds. The number of benzene rings is 1. The zero-order valence-electron chi connectivity index (χ0n) is 12.9. The third kappa shape index (κ3) is 3.71. The fourth-order valence-corrected chi connectivity index (χ4v) is 2.24. The van der Waals surface area contributed by atoms with Crippen LogP contribution >= 0.6 is 0 Å². The summed E-state index contributed by atoms with van der Waals surface area (Å²) in [5, 5.41) is 5.72. The molecule has 0 heterocycles. The number of anilines is 1. The Hall–Kier alpha value is -2.11. The summed E-state index contributed by atoms with van der Waals surface area (Å²) in [5.41, 5.74) is 0.588. The second-order valence-electron chi connectivity index (χ2n) is 5.14. The van der Waals surface area contributed by atoms with Crippen molar-refractivity contribution in [3.05, 3.63) is 12.1 Å². The number of rotatable bonds is 6. The summed E-state index contributed by atoms with van der Waals surface area (Å²) in [6.07, 6.45) is 2.37. The van der Waals surface area contributed by atoms with Crippen LogP contribution in [0.1, 0.15) is 19.8 Å². The van der Waals surface area contributed by atoms with Crippen LogP contribution in [0, 0.1) is 5.92 Å². The molecule has 2 rings (SSSR count). The van der Waals surface area contributed by atoms with Crippen molar-refractivity contribution in [3.63, 3.8) is 0 Å². The van der Waals surface area contributed by atoms with Crippen LogP contribution in [0.3, 0.4) is 0 Å². The van der Waals surface area contributed by atoms with Gasteiger partial charge in [0.25, 0.3) is 0 Å². The summed E-state index contributed by atoms with van der Waals surface area (Å²) in [7, 11) is 4.62. The Kier molecular flexibility index (Phi) is 4.77. The summed E-state index contributed by atoms with van der Waals surface area (Å²) in [4.78, 5) is 12.0. The van der Waals surface area contributed by atoms with Crippen molar-refractivity contribution in [1.82, 2.24) is 5.32 Å². The maximum Gasteiger partial charge on any atom is 0.319 e. The summed E-state index contributed by atoms with van der Waals surface area (Å²) >= 11 is 0. The Morgan fingerprint density at radius 3 is 2.14 bits per heavy atom. The molecule has 2 N–H and O–H groups in total. The van der Waals surface area contributed by atoms with Crippen LogP contribution in [-0.4, -0.2) is 33.4 Å². The van der Waals surface area contributed by atoms with Crippen LogP contribution in [0.5, 0.6) is 17.2 Å². The average Bonchev–Trinajstić information content (AvgIpc) is 3.30. The maximum atomic E-state index is 12.0. The molecule has 21 heavy (non-hydrogen) atoms. The second-order valence-corrected chi connectivity index (χ2v) is 5.14. The van der Waals surface area contributed by atoms with E-state index in [0.717, 1.165) is 0 Å². The average molecular weight is 294 g/mol. The first-order valence-corrected chi connectivity index (χ1v) is 6.96. The zero-order valence-corrected chi connectivity index (χ0v) is 12.9. The van der Waals surface area contributed by atoms with Crippen molar-refractivity contribution < 1.29 is 19.0 Å². The summed E-state index contributed by atoms with van der Waals surface area (Å²) in [6.45, 7) is 2.02. The lowest BCUT2D eigenvalue weighted by Crippen LogP contribution is -2.37. The molecule has 1 unspecified atom stereocenters. The first-order valence-electron chi connectivity index (χ1n) is 6.96. The van der Waals surface area contributed by atoms with Crippen LogP contribution < -0.4 is 24.8 Å². The molecule has 6 heteroatoms. The Morgan fingerprint density at radius 2 is 1.71 bits per heavy atom. The second kappa shape index (κ2) is 6.56. The quantitative estimate of drug-likeness (QED) is 0.846. The number of carbonyl (C=O) groups excluding carboxylic acids is 1. The number of ether oxygens (including phenoxy) is 3. The molecule has 0 radical (unpaired) electrons. The number of urea groups is 1. The van der Waals surface area contributed by atoms with E-state index >= 15 is 0 Å². The third-order valence-corrected chi connectivity index (χ3v) is 3.61. The summed E-state index contributed by atoms with van der Waals surface area (Å²) in [5.74, 6) is 2.11. The van der Waals surface area contributed by atoms with Gasteiger partial charge in [0.05, 0.1) is 27.0 Å². The van der Waals surface area contributed by atoms with Gasteiger partial charge in [-0.1, -0.05) is 0 Å². The standard InChI is InChI=1S/C15H22N2O4/c1-9(10-5-6-10)16-15(18)17-11-7-12(19-2)14(21-4)13(8-11)20-3/h7-10H,5-6H2,1-4H3,(H2,16,17,18). The largest absolute Gasteiger partial charge is 0.493 e. The van der Waals surface area contributed by atoms with Crippen LogP contribution in [0.2, 0.25) is 0 Å². The highest BCUT2D eigenvalue weighted by molar-refractivity contribution is 5.90. The molecule has 0 aliphatic heterocycles. The number of hydrogen-bond acceptors (Lipinski definition) is 4. The monoisotopic (exact) mass is 294 g/mol. The van der Waals surface area contributed by atoms with E-state index in [2.05, 4.69) is 10.6 Å². The van der Waals surface area contributed by atoms with Crippen LogP contribution in [0.4, 0.5) is 10.5 Å². The first-order chi connectivity index (χ1) is 10.1. The van der Waals surface area contributed by atoms with E-state index in [-0.39, 0.29) is 12.1 Å². The van der Waals surface area contributed by atoms with E-state index in [4.69, 9.17) is 14.2 Å². The fraction of sp³-hybridized carbons (Fsp3) is 0.533. The van der Waals surface area contributed by atoms with Crippen molar-refractivity contribution in [2.24, 2.45) is 5.92 Å². The molecule has 6 nitrogen and oxygen atoms in total. The van der Waals surface area contributed by atoms with Gasteiger partial charge in [-0.05, 0) is 25.7 Å². The molecule has 0 saturated heterocycles. The number of amides is 2. The number of nitrogens with one attached hydrogen (secondary N) is 2. The van der Waals surface area contributed by atoms with E-state index < -0.39 is 0 Å². The minimum absolute atomic E-state index is 0.187. The Morgan fingerprint density at radius 1 is 1.14 bits per heavy atom. The molecule has 1 atom stereocenters. The molecule has 116 valence electrons. The van der Waals surface area contributed by atoms with E-state index in [9.17, 15) is 4.79 Å². The molecular weight excluding hydrogens is 272 g/mol. The lowest BCUT2D eigenvalue weighted by molar-refractivity contribution is 0.248. The molecule has 0 aromatic heterocycles. The zero-order chi connectivity index (χ0) is 15.4. The van der Waals surface area contributed by atoms with Gasteiger partial charge in [0.15, 0.2) is 11.5 Å². The molecule has 0 bridgehead atoms. The maximum absolute atomic E-state index is 12.0. The number of hydrogen-bond donors (Lipinski definition) is 2. The Bertz CT molecular complexity index is 489. The smallest absolute Gasteiger partial charge is 0.319 e. The highest BCUT2D eigenvalue weighted by Crippen LogP contribution is 2.40. The number of carbonyl (C=O) groups is 1. The van der Waals surface area contributed by atoms with E-state index in [1.54, 1.807) is 12.1 Å². The van der Waals surface area contributed by atoms with Crippen molar-refractivity contribution in [2.75, 3.05) is 26.6 Å².